The molecular formula is C15H16N6O2. The van der Waals surface area contributed by atoms with Gasteiger partial charge in [0.1, 0.15) is 0 Å². The Morgan fingerprint density at radius 3 is 2.91 bits per heavy atom. The lowest BCUT2D eigenvalue weighted by molar-refractivity contribution is -0.118. The summed E-state index contributed by atoms with van der Waals surface area (Å²) in [5.41, 5.74) is 7.01. The van der Waals surface area contributed by atoms with Crippen LogP contribution in [0.1, 0.15) is 35.4 Å². The van der Waals surface area contributed by atoms with Crippen LogP contribution in [0.15, 0.2) is 24.7 Å². The van der Waals surface area contributed by atoms with Crippen molar-refractivity contribution in [2.24, 2.45) is 17.6 Å². The molecule has 4 rings (SSSR count). The fraction of sp³-hybridized carbons (Fsp3) is 0.400. The standard InChI is InChI=1S/C15H16N6O2/c1-8(21-7-13(14(16)22)18-19-21)9-2-11(5-17-4-9)20-6-10-3-12(10)15(20)23/h2,4-5,7-8,10,12H,3,6H2,1H3,(H2,16,22)/t8-,10+,12+/m0/s1. The summed E-state index contributed by atoms with van der Waals surface area (Å²) in [5.74, 6) is 0.303. The number of fused-ring (bicyclic) bond motifs is 1. The summed E-state index contributed by atoms with van der Waals surface area (Å²) in [6.07, 6.45) is 5.96. The van der Waals surface area contributed by atoms with Gasteiger partial charge in [-0.3, -0.25) is 14.6 Å². The number of pyridine rings is 1. The van der Waals surface area contributed by atoms with Crippen LogP contribution in [0.3, 0.4) is 0 Å². The molecule has 0 bridgehead atoms. The zero-order valence-electron chi connectivity index (χ0n) is 12.6. The largest absolute Gasteiger partial charge is 0.364 e. The second kappa shape index (κ2) is 4.87. The Kier molecular flexibility index (Phi) is 2.93. The van der Waals surface area contributed by atoms with E-state index in [2.05, 4.69) is 15.3 Å². The molecule has 8 nitrogen and oxygen atoms in total. The van der Waals surface area contributed by atoms with Gasteiger partial charge < -0.3 is 10.6 Å². The van der Waals surface area contributed by atoms with Crippen LogP contribution >= 0.6 is 0 Å². The third kappa shape index (κ3) is 2.26. The molecule has 3 atom stereocenters. The Labute approximate surface area is 132 Å². The normalized spacial score (nSPS) is 23.7. The maximum atomic E-state index is 12.2. The van der Waals surface area contributed by atoms with Crippen LogP contribution in [0.2, 0.25) is 0 Å². The van der Waals surface area contributed by atoms with Gasteiger partial charge in [0.15, 0.2) is 5.69 Å². The lowest BCUT2D eigenvalue weighted by Crippen LogP contribution is -2.28. The average Bonchev–Trinajstić information content (AvgIpc) is 3.01. The van der Waals surface area contributed by atoms with Crippen LogP contribution in [-0.2, 0) is 4.79 Å². The quantitative estimate of drug-likeness (QED) is 0.877. The van der Waals surface area contributed by atoms with Crippen molar-refractivity contribution < 1.29 is 9.59 Å². The van der Waals surface area contributed by atoms with Gasteiger partial charge in [-0.05, 0) is 30.9 Å². The third-order valence-electron chi connectivity index (χ3n) is 4.62. The van der Waals surface area contributed by atoms with E-state index in [1.807, 2.05) is 13.0 Å². The lowest BCUT2D eigenvalue weighted by Gasteiger charge is -2.20. The molecule has 1 saturated heterocycles. The molecule has 0 unspecified atom stereocenters. The van der Waals surface area contributed by atoms with Gasteiger partial charge in [-0.15, -0.1) is 5.10 Å². The van der Waals surface area contributed by atoms with Crippen molar-refractivity contribution in [2.45, 2.75) is 19.4 Å². The van der Waals surface area contributed by atoms with Crippen molar-refractivity contribution in [3.05, 3.63) is 35.9 Å². The predicted molar refractivity (Wildman–Crippen MR) is 80.5 cm³/mol. The van der Waals surface area contributed by atoms with E-state index < -0.39 is 5.91 Å². The van der Waals surface area contributed by atoms with E-state index in [0.717, 1.165) is 24.2 Å². The number of nitrogens with two attached hydrogens (primary N) is 1. The minimum Gasteiger partial charge on any atom is -0.364 e. The number of hydrogen-bond donors (Lipinski definition) is 1. The first-order valence-electron chi connectivity index (χ1n) is 7.52. The van der Waals surface area contributed by atoms with Gasteiger partial charge in [-0.25, -0.2) is 4.68 Å². The monoisotopic (exact) mass is 312 g/mol. The van der Waals surface area contributed by atoms with Crippen LogP contribution in [0.4, 0.5) is 5.69 Å². The smallest absolute Gasteiger partial charge is 0.270 e. The number of carbonyl (C=O) groups is 2. The first-order chi connectivity index (χ1) is 11.0. The summed E-state index contributed by atoms with van der Waals surface area (Å²) in [7, 11) is 0. The Morgan fingerprint density at radius 1 is 1.43 bits per heavy atom. The molecule has 3 heterocycles. The van der Waals surface area contributed by atoms with Gasteiger partial charge in [-0.1, -0.05) is 5.21 Å². The van der Waals surface area contributed by atoms with E-state index in [1.165, 1.54) is 6.20 Å². The highest BCUT2D eigenvalue weighted by molar-refractivity contribution is 5.99. The molecule has 0 radical (unpaired) electrons. The Hall–Kier alpha value is -2.77. The van der Waals surface area contributed by atoms with Crippen molar-refractivity contribution in [3.8, 4) is 0 Å². The highest BCUT2D eigenvalue weighted by atomic mass is 16.2. The molecule has 2 fully saturated rings. The van der Waals surface area contributed by atoms with Crippen LogP contribution in [0, 0.1) is 11.8 Å². The predicted octanol–water partition coefficient (Wildman–Crippen LogP) is 0.364. The van der Waals surface area contributed by atoms with Gasteiger partial charge in [0.05, 0.1) is 24.1 Å². The van der Waals surface area contributed by atoms with Gasteiger partial charge >= 0.3 is 0 Å². The second-order valence-electron chi connectivity index (χ2n) is 6.15. The molecule has 23 heavy (non-hydrogen) atoms. The summed E-state index contributed by atoms with van der Waals surface area (Å²) in [4.78, 5) is 29.4. The van der Waals surface area contributed by atoms with Crippen LogP contribution in [0.5, 0.6) is 0 Å². The Balaban J connectivity index is 1.60. The maximum absolute atomic E-state index is 12.2. The molecular weight excluding hydrogens is 296 g/mol. The zero-order valence-corrected chi connectivity index (χ0v) is 12.6. The summed E-state index contributed by atoms with van der Waals surface area (Å²) < 4.78 is 1.56. The molecule has 2 aliphatic rings. The molecule has 118 valence electrons. The van der Waals surface area contributed by atoms with Crippen molar-refractivity contribution in [3.63, 3.8) is 0 Å². The van der Waals surface area contributed by atoms with E-state index >= 15 is 0 Å². The molecule has 2 N–H and O–H groups in total. The van der Waals surface area contributed by atoms with E-state index in [9.17, 15) is 9.59 Å². The molecule has 0 aromatic carbocycles. The van der Waals surface area contributed by atoms with E-state index in [1.54, 1.807) is 22.0 Å². The summed E-state index contributed by atoms with van der Waals surface area (Å²) in [5, 5.41) is 7.68. The molecule has 2 amide bonds. The first-order valence-corrected chi connectivity index (χ1v) is 7.52. The number of carbonyl (C=O) groups excluding carboxylic acids is 2. The zero-order chi connectivity index (χ0) is 16.1. The first kappa shape index (κ1) is 13.9. The molecule has 8 heteroatoms. The number of anilines is 1. The van der Waals surface area contributed by atoms with E-state index in [4.69, 9.17) is 5.73 Å². The SMILES string of the molecule is C[C@@H](c1cncc(N2C[C@H]3C[C@H]3C2=O)c1)n1cc(C(N)=O)nn1. The number of rotatable bonds is 4. The van der Waals surface area contributed by atoms with Gasteiger partial charge in [0.25, 0.3) is 5.91 Å². The number of amides is 2. The average molecular weight is 312 g/mol. The number of primary amides is 1. The lowest BCUT2D eigenvalue weighted by atomic mass is 10.1. The summed E-state index contributed by atoms with van der Waals surface area (Å²) >= 11 is 0. The molecule has 2 aromatic rings. The minimum absolute atomic E-state index is 0.121. The molecule has 1 saturated carbocycles. The number of aromatic nitrogens is 4. The van der Waals surface area contributed by atoms with Crippen molar-refractivity contribution in [2.75, 3.05) is 11.4 Å². The van der Waals surface area contributed by atoms with Crippen LogP contribution < -0.4 is 10.6 Å². The topological polar surface area (TPSA) is 107 Å². The fourth-order valence-corrected chi connectivity index (χ4v) is 3.06. The summed E-state index contributed by atoms with van der Waals surface area (Å²) in [6, 6.07) is 1.77. The van der Waals surface area contributed by atoms with E-state index in [-0.39, 0.29) is 23.6 Å². The summed E-state index contributed by atoms with van der Waals surface area (Å²) in [6.45, 7) is 2.70. The second-order valence-corrected chi connectivity index (χ2v) is 6.15. The van der Waals surface area contributed by atoms with Crippen LogP contribution in [-0.4, -0.2) is 38.3 Å². The highest BCUT2D eigenvalue weighted by Crippen LogP contribution is 2.47. The number of nitrogens with zero attached hydrogens (tertiary/aromatic N) is 5. The van der Waals surface area contributed by atoms with Gasteiger partial charge in [-0.2, -0.15) is 0 Å². The molecule has 0 spiro atoms. The minimum atomic E-state index is -0.614. The van der Waals surface area contributed by atoms with Crippen molar-refractivity contribution >= 4 is 17.5 Å². The van der Waals surface area contributed by atoms with Crippen molar-refractivity contribution in [1.29, 1.82) is 0 Å². The Morgan fingerprint density at radius 2 is 2.26 bits per heavy atom. The van der Waals surface area contributed by atoms with Gasteiger partial charge in [0.2, 0.25) is 5.91 Å². The van der Waals surface area contributed by atoms with E-state index in [0.29, 0.717) is 5.92 Å². The third-order valence-corrected chi connectivity index (χ3v) is 4.62. The number of piperidine rings is 1. The molecule has 2 aromatic heterocycles. The highest BCUT2D eigenvalue weighted by Gasteiger charge is 2.52. The Bertz CT molecular complexity index is 801. The fourth-order valence-electron chi connectivity index (χ4n) is 3.06. The maximum Gasteiger partial charge on any atom is 0.270 e. The molecule has 1 aliphatic carbocycles. The van der Waals surface area contributed by atoms with Crippen molar-refractivity contribution in [1.82, 2.24) is 20.0 Å². The van der Waals surface area contributed by atoms with Crippen LogP contribution in [0.25, 0.3) is 0 Å². The number of hydrogen-bond acceptors (Lipinski definition) is 5. The molecule has 1 aliphatic heterocycles. The van der Waals surface area contributed by atoms with Gasteiger partial charge in [0, 0.05) is 18.7 Å².